The third-order valence-corrected chi connectivity index (χ3v) is 6.58. The number of hydrogen-bond donors (Lipinski definition) is 1. The second-order valence-electron chi connectivity index (χ2n) is 9.12. The summed E-state index contributed by atoms with van der Waals surface area (Å²) < 4.78 is 5.78. The molecule has 3 heterocycles. The molecule has 0 spiro atoms. The van der Waals surface area contributed by atoms with Gasteiger partial charge in [-0.05, 0) is 62.2 Å². The van der Waals surface area contributed by atoms with Crippen molar-refractivity contribution < 1.29 is 9.53 Å². The summed E-state index contributed by atoms with van der Waals surface area (Å²) in [4.78, 5) is 28.2. The lowest BCUT2D eigenvalue weighted by Gasteiger charge is -2.16. The molecule has 0 bridgehead atoms. The molecule has 3 aromatic heterocycles. The molecule has 34 heavy (non-hydrogen) atoms. The third-order valence-electron chi connectivity index (χ3n) is 5.40. The van der Waals surface area contributed by atoms with Gasteiger partial charge in [-0.25, -0.2) is 15.0 Å². The molecule has 0 radical (unpaired) electrons. The van der Waals surface area contributed by atoms with Gasteiger partial charge in [-0.1, -0.05) is 20.8 Å². The number of rotatable bonds is 4. The maximum atomic E-state index is 13.2. The molecule has 0 atom stereocenters. The van der Waals surface area contributed by atoms with Crippen LogP contribution in [0.2, 0.25) is 0 Å². The van der Waals surface area contributed by atoms with Crippen LogP contribution in [0.3, 0.4) is 0 Å². The number of nitriles is 1. The molecule has 0 aliphatic heterocycles. The number of aryl methyl sites for hydroxylation is 3. The number of hydrogen-bond acceptors (Lipinski definition) is 7. The average Bonchev–Trinajstić information content (AvgIpc) is 3.12. The molecule has 7 nitrogen and oxygen atoms in total. The number of aromatic nitrogens is 3. The highest BCUT2D eigenvalue weighted by molar-refractivity contribution is 7.20. The summed E-state index contributed by atoms with van der Waals surface area (Å²) in [7, 11) is 0. The van der Waals surface area contributed by atoms with E-state index in [1.807, 2.05) is 20.8 Å². The Bertz CT molecular complexity index is 1460. The second kappa shape index (κ2) is 8.84. The smallest absolute Gasteiger partial charge is 0.266 e. The van der Waals surface area contributed by atoms with E-state index in [0.29, 0.717) is 21.9 Å². The van der Waals surface area contributed by atoms with E-state index in [0.717, 1.165) is 32.9 Å². The molecule has 8 heteroatoms. The van der Waals surface area contributed by atoms with Crippen LogP contribution in [0.25, 0.3) is 10.2 Å². The van der Waals surface area contributed by atoms with Crippen molar-refractivity contribution in [3.63, 3.8) is 0 Å². The molecule has 1 amide bonds. The SMILES string of the molecule is Cc1cc(Oc2ncccc2C#N)ccc1NC(=O)c1sc2nc(C(C)(C)C)nc(C)c2c1C. The molecule has 4 aromatic rings. The van der Waals surface area contributed by atoms with Gasteiger partial charge in [0, 0.05) is 22.7 Å². The summed E-state index contributed by atoms with van der Waals surface area (Å²) in [6, 6.07) is 10.7. The van der Waals surface area contributed by atoms with Crippen molar-refractivity contribution in [2.24, 2.45) is 0 Å². The standard InChI is InChI=1S/C26H25N5O2S/c1-14-12-18(33-23-17(13-27)8-7-11-28-23)9-10-19(14)30-22(32)21-15(2)20-16(3)29-25(26(4,5)6)31-24(20)34-21/h7-12H,1-6H3,(H,30,32). The highest BCUT2D eigenvalue weighted by Crippen LogP contribution is 2.34. The number of benzene rings is 1. The van der Waals surface area contributed by atoms with Gasteiger partial charge in [0.2, 0.25) is 5.88 Å². The van der Waals surface area contributed by atoms with E-state index < -0.39 is 0 Å². The number of pyridine rings is 1. The van der Waals surface area contributed by atoms with Gasteiger partial charge >= 0.3 is 0 Å². The molecule has 0 unspecified atom stereocenters. The van der Waals surface area contributed by atoms with Crippen molar-refractivity contribution in [2.75, 3.05) is 5.32 Å². The van der Waals surface area contributed by atoms with Crippen molar-refractivity contribution in [1.29, 1.82) is 5.26 Å². The quantitative estimate of drug-likeness (QED) is 0.379. The van der Waals surface area contributed by atoms with Gasteiger partial charge in [-0.3, -0.25) is 4.79 Å². The largest absolute Gasteiger partial charge is 0.438 e. The monoisotopic (exact) mass is 471 g/mol. The van der Waals surface area contributed by atoms with E-state index in [-0.39, 0.29) is 17.2 Å². The summed E-state index contributed by atoms with van der Waals surface area (Å²) in [6.07, 6.45) is 1.57. The fraction of sp³-hybridized carbons (Fsp3) is 0.269. The van der Waals surface area contributed by atoms with Crippen molar-refractivity contribution in [3.8, 4) is 17.7 Å². The normalized spacial score (nSPS) is 11.3. The number of nitrogens with zero attached hydrogens (tertiary/aromatic N) is 4. The van der Waals surface area contributed by atoms with Gasteiger partial charge < -0.3 is 10.1 Å². The Labute approximate surface area is 202 Å². The van der Waals surface area contributed by atoms with E-state index in [1.54, 1.807) is 36.5 Å². The zero-order valence-electron chi connectivity index (χ0n) is 20.0. The van der Waals surface area contributed by atoms with Gasteiger partial charge in [0.25, 0.3) is 5.91 Å². The first kappa shape index (κ1) is 23.3. The lowest BCUT2D eigenvalue weighted by atomic mass is 9.95. The fourth-order valence-electron chi connectivity index (χ4n) is 3.58. The Morgan fingerprint density at radius 3 is 2.59 bits per heavy atom. The van der Waals surface area contributed by atoms with Crippen LogP contribution in [-0.4, -0.2) is 20.9 Å². The molecule has 1 aromatic carbocycles. The summed E-state index contributed by atoms with van der Waals surface area (Å²) in [5.41, 5.74) is 3.44. The van der Waals surface area contributed by atoms with E-state index in [1.165, 1.54) is 11.3 Å². The van der Waals surface area contributed by atoms with E-state index in [4.69, 9.17) is 9.72 Å². The maximum Gasteiger partial charge on any atom is 0.266 e. The number of fused-ring (bicyclic) bond motifs is 1. The molecule has 172 valence electrons. The van der Waals surface area contributed by atoms with Crippen molar-refractivity contribution in [3.05, 3.63) is 69.6 Å². The lowest BCUT2D eigenvalue weighted by Crippen LogP contribution is -2.16. The number of nitrogens with one attached hydrogen (secondary N) is 1. The molecular weight excluding hydrogens is 446 g/mol. The fourth-order valence-corrected chi connectivity index (χ4v) is 4.71. The van der Waals surface area contributed by atoms with E-state index in [9.17, 15) is 10.1 Å². The minimum atomic E-state index is -0.189. The Morgan fingerprint density at radius 2 is 1.91 bits per heavy atom. The molecular formula is C26H25N5O2S. The van der Waals surface area contributed by atoms with Crippen molar-refractivity contribution in [2.45, 2.75) is 47.0 Å². The van der Waals surface area contributed by atoms with Gasteiger partial charge in [0.15, 0.2) is 0 Å². The predicted molar refractivity (Wildman–Crippen MR) is 134 cm³/mol. The Hall–Kier alpha value is -3.83. The molecule has 0 aliphatic carbocycles. The predicted octanol–water partition coefficient (Wildman–Crippen LogP) is 6.23. The second-order valence-corrected chi connectivity index (χ2v) is 10.1. The van der Waals surface area contributed by atoms with Gasteiger partial charge in [0.1, 0.15) is 28.0 Å². The number of carbonyl (C=O) groups excluding carboxylic acids is 1. The number of amides is 1. The van der Waals surface area contributed by atoms with Crippen LogP contribution in [0.15, 0.2) is 36.5 Å². The number of thiophene rings is 1. The molecule has 0 saturated heterocycles. The van der Waals surface area contributed by atoms with Gasteiger partial charge in [-0.15, -0.1) is 11.3 Å². The first-order valence-electron chi connectivity index (χ1n) is 10.8. The minimum Gasteiger partial charge on any atom is -0.438 e. The lowest BCUT2D eigenvalue weighted by molar-refractivity contribution is 0.103. The Morgan fingerprint density at radius 1 is 1.15 bits per heavy atom. The third kappa shape index (κ3) is 4.47. The van der Waals surface area contributed by atoms with Crippen LogP contribution in [0.4, 0.5) is 5.69 Å². The Balaban J connectivity index is 1.60. The van der Waals surface area contributed by atoms with Crippen LogP contribution in [-0.2, 0) is 5.41 Å². The first-order chi connectivity index (χ1) is 16.1. The number of ether oxygens (including phenoxy) is 1. The minimum absolute atomic E-state index is 0.177. The van der Waals surface area contributed by atoms with Crippen LogP contribution >= 0.6 is 11.3 Å². The highest BCUT2D eigenvalue weighted by Gasteiger charge is 2.23. The molecule has 1 N–H and O–H groups in total. The molecule has 0 aliphatic rings. The summed E-state index contributed by atoms with van der Waals surface area (Å²) >= 11 is 1.38. The topological polar surface area (TPSA) is 101 Å². The highest BCUT2D eigenvalue weighted by atomic mass is 32.1. The first-order valence-corrected chi connectivity index (χ1v) is 11.6. The van der Waals surface area contributed by atoms with Gasteiger partial charge in [-0.2, -0.15) is 5.26 Å². The Kier molecular flexibility index (Phi) is 6.07. The van der Waals surface area contributed by atoms with Crippen molar-refractivity contribution in [1.82, 2.24) is 15.0 Å². The maximum absolute atomic E-state index is 13.2. The molecule has 0 saturated carbocycles. The van der Waals surface area contributed by atoms with Crippen LogP contribution < -0.4 is 10.1 Å². The van der Waals surface area contributed by atoms with Crippen LogP contribution in [0.1, 0.15) is 58.7 Å². The van der Waals surface area contributed by atoms with Crippen molar-refractivity contribution >= 4 is 33.1 Å². The van der Waals surface area contributed by atoms with E-state index >= 15 is 0 Å². The van der Waals surface area contributed by atoms with Crippen LogP contribution in [0.5, 0.6) is 11.6 Å². The zero-order valence-corrected chi connectivity index (χ0v) is 20.8. The van der Waals surface area contributed by atoms with E-state index in [2.05, 4.69) is 42.1 Å². The molecule has 0 fully saturated rings. The average molecular weight is 472 g/mol. The number of carbonyl (C=O) groups is 1. The summed E-state index contributed by atoms with van der Waals surface area (Å²) in [5.74, 6) is 1.35. The zero-order chi connectivity index (χ0) is 24.6. The summed E-state index contributed by atoms with van der Waals surface area (Å²) in [6.45, 7) is 12.0. The van der Waals surface area contributed by atoms with Crippen LogP contribution in [0, 0.1) is 32.1 Å². The number of anilines is 1. The molecule has 4 rings (SSSR count). The summed E-state index contributed by atoms with van der Waals surface area (Å²) in [5, 5.41) is 13.2. The van der Waals surface area contributed by atoms with Gasteiger partial charge in [0.05, 0.1) is 10.6 Å².